The molecule has 140 valence electrons. The molecule has 0 saturated carbocycles. The molecule has 0 bridgehead atoms. The van der Waals surface area contributed by atoms with Crippen molar-refractivity contribution in [1.82, 2.24) is 14.2 Å². The summed E-state index contributed by atoms with van der Waals surface area (Å²) in [5.74, 6) is -0.170. The molecule has 2 heterocycles. The van der Waals surface area contributed by atoms with Gasteiger partial charge in [-0.2, -0.15) is 4.31 Å². The third kappa shape index (κ3) is 3.42. The first-order valence-corrected chi connectivity index (χ1v) is 9.95. The molecule has 1 aromatic heterocycles. The second-order valence-corrected chi connectivity index (χ2v) is 8.53. The number of sulfonamides is 1. The van der Waals surface area contributed by atoms with Crippen molar-refractivity contribution in [1.29, 1.82) is 0 Å². The molecule has 1 amide bonds. The van der Waals surface area contributed by atoms with Crippen LogP contribution < -0.4 is 0 Å². The van der Waals surface area contributed by atoms with Gasteiger partial charge in [-0.15, -0.1) is 0 Å². The van der Waals surface area contributed by atoms with Crippen molar-refractivity contribution in [3.8, 4) is 0 Å². The molecule has 0 spiro atoms. The van der Waals surface area contributed by atoms with Crippen molar-refractivity contribution < 1.29 is 17.9 Å². The van der Waals surface area contributed by atoms with E-state index in [9.17, 15) is 13.2 Å². The summed E-state index contributed by atoms with van der Waals surface area (Å²) < 4.78 is 32.6. The second kappa shape index (κ2) is 7.48. The first-order valence-electron chi connectivity index (χ1n) is 8.13. The van der Waals surface area contributed by atoms with E-state index >= 15 is 0 Å². The maximum atomic E-state index is 13.2. The minimum absolute atomic E-state index is 0.0221. The second-order valence-electron chi connectivity index (χ2n) is 6.22. The molecule has 1 aromatic carbocycles. The van der Waals surface area contributed by atoms with Gasteiger partial charge in [-0.1, -0.05) is 23.7 Å². The Kier molecular flexibility index (Phi) is 5.47. The largest absolute Gasteiger partial charge is 0.375 e. The van der Waals surface area contributed by atoms with Gasteiger partial charge < -0.3 is 9.64 Å². The summed E-state index contributed by atoms with van der Waals surface area (Å²) in [6, 6.07) is 4.82. The summed E-state index contributed by atoms with van der Waals surface area (Å²) in [5.41, 5.74) is 0. The van der Waals surface area contributed by atoms with Crippen molar-refractivity contribution in [3.05, 3.63) is 35.6 Å². The number of rotatable bonds is 5. The normalized spacial score (nSPS) is 18.3. The number of amides is 1. The van der Waals surface area contributed by atoms with Gasteiger partial charge in [-0.25, -0.2) is 8.42 Å². The van der Waals surface area contributed by atoms with E-state index in [1.165, 1.54) is 17.6 Å². The van der Waals surface area contributed by atoms with Crippen molar-refractivity contribution in [3.63, 3.8) is 0 Å². The fourth-order valence-corrected chi connectivity index (χ4v) is 5.24. The molecule has 1 saturated heterocycles. The van der Waals surface area contributed by atoms with Gasteiger partial charge in [0, 0.05) is 56.5 Å². The lowest BCUT2D eigenvalue weighted by Gasteiger charge is -2.24. The van der Waals surface area contributed by atoms with E-state index in [0.29, 0.717) is 28.8 Å². The number of methoxy groups -OCH3 is 1. The highest BCUT2D eigenvalue weighted by atomic mass is 35.5. The van der Waals surface area contributed by atoms with Crippen LogP contribution in [0.2, 0.25) is 5.02 Å². The highest BCUT2D eigenvalue weighted by Crippen LogP contribution is 2.32. The van der Waals surface area contributed by atoms with Gasteiger partial charge in [-0.05, 0) is 12.5 Å². The highest BCUT2D eigenvalue weighted by molar-refractivity contribution is 7.89. The van der Waals surface area contributed by atoms with Gasteiger partial charge in [0.2, 0.25) is 15.9 Å². The summed E-state index contributed by atoms with van der Waals surface area (Å²) in [5, 5.41) is 1.43. The van der Waals surface area contributed by atoms with Crippen LogP contribution >= 0.6 is 11.6 Å². The standard InChI is InChI=1S/C17H20ClN3O4S/c1-20(16(22)11-25-2)13-6-7-21(10-13)26(23,24)15-5-3-4-12-8-19-9-14(18)17(12)15/h3-5,8-9,13H,6-7,10-11H2,1-2H3/t13-/m1/s1. The van der Waals surface area contributed by atoms with Gasteiger partial charge in [0.25, 0.3) is 0 Å². The molecule has 0 unspecified atom stereocenters. The summed E-state index contributed by atoms with van der Waals surface area (Å²) in [4.78, 5) is 17.7. The molecule has 1 aliphatic heterocycles. The van der Waals surface area contributed by atoms with Gasteiger partial charge in [-0.3, -0.25) is 9.78 Å². The molecule has 1 aliphatic rings. The molecule has 1 fully saturated rings. The molecule has 7 nitrogen and oxygen atoms in total. The number of ether oxygens (including phenoxy) is 1. The minimum atomic E-state index is -3.74. The number of pyridine rings is 1. The predicted molar refractivity (Wildman–Crippen MR) is 98.6 cm³/mol. The number of likely N-dealkylation sites (N-methyl/N-ethyl adjacent to an activating group) is 1. The molecule has 0 radical (unpaired) electrons. The van der Waals surface area contributed by atoms with E-state index in [4.69, 9.17) is 16.3 Å². The SMILES string of the molecule is COCC(=O)N(C)[C@@H]1CCN(S(=O)(=O)c2cccc3cncc(Cl)c23)C1. The Bertz CT molecular complexity index is 929. The van der Waals surface area contributed by atoms with Crippen LogP contribution in [0.3, 0.4) is 0 Å². The molecule has 0 aliphatic carbocycles. The smallest absolute Gasteiger partial charge is 0.248 e. The average molecular weight is 398 g/mol. The maximum Gasteiger partial charge on any atom is 0.248 e. The van der Waals surface area contributed by atoms with Crippen molar-refractivity contribution in [2.75, 3.05) is 33.9 Å². The molecule has 2 aromatic rings. The van der Waals surface area contributed by atoms with E-state index in [0.717, 1.165) is 0 Å². The Morgan fingerprint density at radius 3 is 2.92 bits per heavy atom. The summed E-state index contributed by atoms with van der Waals surface area (Å²) in [6.45, 7) is 0.565. The third-order valence-corrected chi connectivity index (χ3v) is 6.85. The topological polar surface area (TPSA) is 79.8 Å². The van der Waals surface area contributed by atoms with Crippen LogP contribution in [-0.2, 0) is 19.6 Å². The number of carbonyl (C=O) groups is 1. The highest BCUT2D eigenvalue weighted by Gasteiger charge is 2.36. The quantitative estimate of drug-likeness (QED) is 0.768. The Hall–Kier alpha value is -1.74. The number of hydrogen-bond acceptors (Lipinski definition) is 5. The Morgan fingerprint density at radius 1 is 1.42 bits per heavy atom. The maximum absolute atomic E-state index is 13.2. The zero-order valence-electron chi connectivity index (χ0n) is 14.6. The predicted octanol–water partition coefficient (Wildman–Crippen LogP) is 1.76. The fourth-order valence-electron chi connectivity index (χ4n) is 3.19. The van der Waals surface area contributed by atoms with Crippen LogP contribution in [-0.4, -0.2) is 68.4 Å². The van der Waals surface area contributed by atoms with Crippen molar-refractivity contribution >= 4 is 38.3 Å². The lowest BCUT2D eigenvalue weighted by molar-refractivity contribution is -0.135. The van der Waals surface area contributed by atoms with Gasteiger partial charge in [0.05, 0.1) is 9.92 Å². The molecule has 0 N–H and O–H groups in total. The van der Waals surface area contributed by atoms with Crippen LogP contribution in [0.15, 0.2) is 35.5 Å². The first-order chi connectivity index (χ1) is 12.4. The van der Waals surface area contributed by atoms with E-state index in [-0.39, 0.29) is 30.0 Å². The number of nitrogens with zero attached hydrogens (tertiary/aromatic N) is 3. The number of carbonyl (C=O) groups excluding carboxylic acids is 1. The minimum Gasteiger partial charge on any atom is -0.375 e. The zero-order chi connectivity index (χ0) is 18.9. The van der Waals surface area contributed by atoms with Crippen LogP contribution in [0, 0.1) is 0 Å². The van der Waals surface area contributed by atoms with Crippen molar-refractivity contribution in [2.45, 2.75) is 17.4 Å². The average Bonchev–Trinajstić information content (AvgIpc) is 3.12. The van der Waals surface area contributed by atoms with E-state index in [1.54, 1.807) is 36.3 Å². The molecule has 9 heteroatoms. The van der Waals surface area contributed by atoms with Crippen LogP contribution in [0.1, 0.15) is 6.42 Å². The Morgan fingerprint density at radius 2 is 2.19 bits per heavy atom. The van der Waals surface area contributed by atoms with Crippen molar-refractivity contribution in [2.24, 2.45) is 0 Å². The van der Waals surface area contributed by atoms with Crippen LogP contribution in [0.25, 0.3) is 10.8 Å². The van der Waals surface area contributed by atoms with Gasteiger partial charge in [0.15, 0.2) is 0 Å². The Balaban J connectivity index is 1.90. The molecular weight excluding hydrogens is 378 g/mol. The van der Waals surface area contributed by atoms with Gasteiger partial charge >= 0.3 is 0 Å². The fraction of sp³-hybridized carbons (Fsp3) is 0.412. The lowest BCUT2D eigenvalue weighted by Crippen LogP contribution is -2.41. The monoisotopic (exact) mass is 397 g/mol. The van der Waals surface area contributed by atoms with E-state index in [2.05, 4.69) is 4.98 Å². The number of benzene rings is 1. The number of hydrogen-bond donors (Lipinski definition) is 0. The van der Waals surface area contributed by atoms with E-state index < -0.39 is 10.0 Å². The Labute approximate surface area is 157 Å². The first kappa shape index (κ1) is 19.0. The summed E-state index contributed by atoms with van der Waals surface area (Å²) in [6.07, 6.45) is 3.60. The van der Waals surface area contributed by atoms with Gasteiger partial charge in [0.1, 0.15) is 6.61 Å². The third-order valence-electron chi connectivity index (χ3n) is 4.65. The number of aromatic nitrogens is 1. The summed E-state index contributed by atoms with van der Waals surface area (Å²) in [7, 11) is -0.616. The zero-order valence-corrected chi connectivity index (χ0v) is 16.1. The molecular formula is C17H20ClN3O4S. The number of fused-ring (bicyclic) bond motifs is 1. The summed E-state index contributed by atoms with van der Waals surface area (Å²) >= 11 is 6.22. The van der Waals surface area contributed by atoms with Crippen LogP contribution in [0.5, 0.6) is 0 Å². The molecule has 26 heavy (non-hydrogen) atoms. The number of halogens is 1. The van der Waals surface area contributed by atoms with Crippen LogP contribution in [0.4, 0.5) is 0 Å². The van der Waals surface area contributed by atoms with E-state index in [1.807, 2.05) is 0 Å². The molecule has 1 atom stereocenters. The lowest BCUT2D eigenvalue weighted by atomic mass is 10.2. The molecule has 3 rings (SSSR count).